The predicted molar refractivity (Wildman–Crippen MR) is 268 cm³/mol. The number of anilines is 2. The van der Waals surface area contributed by atoms with Crippen molar-refractivity contribution in [3.8, 4) is 10.4 Å². The van der Waals surface area contributed by atoms with Crippen molar-refractivity contribution in [1.29, 1.82) is 0 Å². The van der Waals surface area contributed by atoms with Crippen molar-refractivity contribution in [1.82, 2.24) is 31.3 Å². The second-order valence-corrected chi connectivity index (χ2v) is 20.5. The molecule has 0 aliphatic carbocycles. The maximum absolute atomic E-state index is 14.7. The van der Waals surface area contributed by atoms with Crippen LogP contribution in [0.3, 0.4) is 0 Å². The molecule has 0 bridgehead atoms. The second-order valence-electron chi connectivity index (χ2n) is 18.4. The summed E-state index contributed by atoms with van der Waals surface area (Å²) < 4.78 is 43.7. The number of carbonyl (C=O) groups is 4. The molecule has 0 saturated carbocycles. The van der Waals surface area contributed by atoms with Gasteiger partial charge in [-0.25, -0.2) is 23.6 Å². The van der Waals surface area contributed by atoms with Crippen LogP contribution < -0.4 is 26.7 Å². The molecular formula is C50H65F3IN7O6S. The van der Waals surface area contributed by atoms with Crippen molar-refractivity contribution in [3.63, 3.8) is 0 Å². The number of aromatic nitrogens is 1. The average molecular weight is 1080 g/mol. The molecule has 4 aromatic rings. The fraction of sp³-hybridized carbons (Fsp3) is 0.500. The molecule has 1 fully saturated rings. The molecule has 1 aromatic heterocycles. The number of halogens is 4. The molecule has 13 nitrogen and oxygen atoms in total. The molecule has 1 saturated heterocycles. The lowest BCUT2D eigenvalue weighted by Gasteiger charge is -2.29. The third kappa shape index (κ3) is 17.1. The summed E-state index contributed by atoms with van der Waals surface area (Å²) in [7, 11) is 0. The molecule has 2 heterocycles. The molecule has 18 heteroatoms. The summed E-state index contributed by atoms with van der Waals surface area (Å²) in [6.45, 7) is 10.2. The number of hydrogen-bond donors (Lipinski definition) is 6. The summed E-state index contributed by atoms with van der Waals surface area (Å²) in [6, 6.07) is 12.4. The number of unbranched alkanes of at least 4 members (excludes halogenated alkanes) is 7. The SMILES string of the molecule is Cc1ncsc1-c1ccc([C@H](CC(=O)NCCCCCCCCCCNCCCONC(=O)c2ccc(F)c(F)c2Nc2ccc(I)cc2F)NC(=O)[C@@H]2C[C@@H](O)CN2C(=O)CC(C)(C)C)cc1. The summed E-state index contributed by atoms with van der Waals surface area (Å²) in [6.07, 6.45) is 8.54. The van der Waals surface area contributed by atoms with Gasteiger partial charge in [0.25, 0.3) is 5.91 Å². The van der Waals surface area contributed by atoms with Crippen LogP contribution in [0.15, 0.2) is 60.1 Å². The fourth-order valence-corrected chi connectivity index (χ4v) is 9.20. The van der Waals surface area contributed by atoms with Crippen LogP contribution >= 0.6 is 33.9 Å². The standard InChI is InChI=1S/C50H65F3IN7O6S/c1-32-47(68-31-57-32)34-16-14-33(15-17-34)41(59-49(66)42-27-36(62)30-61(42)44(64)29-50(2,3)4)28-43(63)56-24-12-10-8-6-5-7-9-11-22-55-23-13-25-67-60-48(65)37-19-20-38(51)45(53)46(37)58-40-21-18-35(54)26-39(40)52/h14-21,26,31,36,41-42,55,58,62H,5-13,22-25,27-30H2,1-4H3,(H,56,63)(H,59,66)(H,60,65)/t36-,41+,42+/m1/s1. The Hall–Kier alpha value is -4.63. The molecule has 3 atom stereocenters. The number of likely N-dealkylation sites (tertiary alicyclic amines) is 1. The van der Waals surface area contributed by atoms with Gasteiger partial charge in [0.05, 0.1) is 58.2 Å². The number of benzene rings is 3. The van der Waals surface area contributed by atoms with Crippen LogP contribution in [0, 0.1) is 33.4 Å². The molecule has 6 N–H and O–H groups in total. The Kier molecular flexibility index (Phi) is 21.5. The van der Waals surface area contributed by atoms with Crippen LogP contribution in [0.2, 0.25) is 0 Å². The Bertz CT molecular complexity index is 2300. The van der Waals surface area contributed by atoms with Gasteiger partial charge < -0.3 is 31.3 Å². The van der Waals surface area contributed by atoms with Crippen LogP contribution in [0.1, 0.15) is 125 Å². The summed E-state index contributed by atoms with van der Waals surface area (Å²) in [4.78, 5) is 65.1. The van der Waals surface area contributed by atoms with Crippen LogP contribution in [-0.2, 0) is 19.2 Å². The first-order valence-corrected chi connectivity index (χ1v) is 25.3. The third-order valence-corrected chi connectivity index (χ3v) is 13.2. The van der Waals surface area contributed by atoms with Crippen LogP contribution in [0.5, 0.6) is 0 Å². The highest BCUT2D eigenvalue weighted by atomic mass is 127. The van der Waals surface area contributed by atoms with E-state index in [2.05, 4.69) is 31.7 Å². The summed E-state index contributed by atoms with van der Waals surface area (Å²) in [5.41, 5.74) is 5.62. The Balaban J connectivity index is 0.934. The van der Waals surface area contributed by atoms with Gasteiger partial charge in [0.1, 0.15) is 11.9 Å². The molecule has 5 rings (SSSR count). The third-order valence-electron chi connectivity index (χ3n) is 11.5. The van der Waals surface area contributed by atoms with Crippen molar-refractivity contribution >= 4 is 68.9 Å². The normalized spacial score (nSPS) is 15.3. The van der Waals surface area contributed by atoms with Gasteiger partial charge in [-0.15, -0.1) is 11.3 Å². The zero-order valence-corrected chi connectivity index (χ0v) is 42.3. The molecule has 0 spiro atoms. The lowest BCUT2D eigenvalue weighted by molar-refractivity contribution is -0.140. The number of thiazole rings is 1. The van der Waals surface area contributed by atoms with Gasteiger partial charge in [0.15, 0.2) is 11.6 Å². The Morgan fingerprint density at radius 2 is 1.57 bits per heavy atom. The van der Waals surface area contributed by atoms with E-state index in [-0.39, 0.29) is 66.8 Å². The number of hydroxylamine groups is 1. The molecule has 68 heavy (non-hydrogen) atoms. The molecule has 1 aliphatic rings. The Morgan fingerprint density at radius 1 is 0.897 bits per heavy atom. The quantitative estimate of drug-likeness (QED) is 0.0204. The highest BCUT2D eigenvalue weighted by molar-refractivity contribution is 14.1. The van der Waals surface area contributed by atoms with E-state index in [4.69, 9.17) is 4.84 Å². The number of aliphatic hydroxyl groups is 1. The number of nitrogens with one attached hydrogen (secondary N) is 5. The topological polar surface area (TPSA) is 174 Å². The smallest absolute Gasteiger partial charge is 0.277 e. The number of carbonyl (C=O) groups excluding carboxylic acids is 4. The van der Waals surface area contributed by atoms with Gasteiger partial charge in [-0.3, -0.25) is 24.0 Å². The highest BCUT2D eigenvalue weighted by Gasteiger charge is 2.40. The number of rotatable bonds is 26. The molecule has 4 amide bonds. The monoisotopic (exact) mass is 1080 g/mol. The Labute approximate surface area is 415 Å². The van der Waals surface area contributed by atoms with E-state index in [1.165, 1.54) is 17.0 Å². The van der Waals surface area contributed by atoms with Crippen LogP contribution in [-0.4, -0.2) is 83.6 Å². The van der Waals surface area contributed by atoms with Gasteiger partial charge in [-0.05, 0) is 109 Å². The Morgan fingerprint density at radius 3 is 2.24 bits per heavy atom. The number of aryl methyl sites for hydroxylation is 1. The maximum Gasteiger partial charge on any atom is 0.277 e. The lowest BCUT2D eigenvalue weighted by Crippen LogP contribution is -2.48. The van der Waals surface area contributed by atoms with Gasteiger partial charge in [0, 0.05) is 29.5 Å². The fourth-order valence-electron chi connectivity index (χ4n) is 7.93. The molecule has 0 radical (unpaired) electrons. The van der Waals surface area contributed by atoms with Crippen molar-refractivity contribution in [2.45, 2.75) is 123 Å². The summed E-state index contributed by atoms with van der Waals surface area (Å²) >= 11 is 3.47. The minimum atomic E-state index is -1.31. The molecule has 0 unspecified atom stereocenters. The minimum Gasteiger partial charge on any atom is -0.391 e. The molecular weight excluding hydrogens is 1010 g/mol. The zero-order valence-electron chi connectivity index (χ0n) is 39.3. The zero-order chi connectivity index (χ0) is 49.2. The average Bonchev–Trinajstić information content (AvgIpc) is 3.91. The van der Waals surface area contributed by atoms with Crippen molar-refractivity contribution in [2.75, 3.05) is 38.1 Å². The second kappa shape index (κ2) is 26.9. The minimum absolute atomic E-state index is 0.0259. The van der Waals surface area contributed by atoms with E-state index in [1.54, 1.807) is 22.9 Å². The highest BCUT2D eigenvalue weighted by Crippen LogP contribution is 2.31. The van der Waals surface area contributed by atoms with Crippen molar-refractivity contribution in [3.05, 3.63) is 98.0 Å². The maximum atomic E-state index is 14.7. The van der Waals surface area contributed by atoms with Crippen molar-refractivity contribution in [2.24, 2.45) is 5.41 Å². The number of aliphatic hydroxyl groups excluding tert-OH is 1. The van der Waals surface area contributed by atoms with Crippen molar-refractivity contribution < 1.29 is 42.3 Å². The number of amides is 4. The van der Waals surface area contributed by atoms with E-state index in [1.807, 2.05) is 74.6 Å². The van der Waals surface area contributed by atoms with E-state index >= 15 is 0 Å². The number of nitrogens with zero attached hydrogens (tertiary/aromatic N) is 2. The number of hydrogen-bond acceptors (Lipinski definition) is 10. The number of β-amino-alcohol motifs (C(OH)–C–C–N with tert-alkyl or cyclic N) is 1. The predicted octanol–water partition coefficient (Wildman–Crippen LogP) is 9.41. The largest absolute Gasteiger partial charge is 0.391 e. The van der Waals surface area contributed by atoms with E-state index in [9.17, 15) is 37.5 Å². The molecule has 1 aliphatic heterocycles. The first kappa shape index (κ1) is 54.3. The van der Waals surface area contributed by atoms with Crippen LogP contribution in [0.4, 0.5) is 24.5 Å². The van der Waals surface area contributed by atoms with Crippen LogP contribution in [0.25, 0.3) is 10.4 Å². The summed E-state index contributed by atoms with van der Waals surface area (Å²) in [5, 5.41) is 22.4. The van der Waals surface area contributed by atoms with Gasteiger partial charge in [-0.2, -0.15) is 0 Å². The van der Waals surface area contributed by atoms with Gasteiger partial charge in [-0.1, -0.05) is 83.6 Å². The van der Waals surface area contributed by atoms with E-state index in [0.717, 1.165) is 91.7 Å². The summed E-state index contributed by atoms with van der Waals surface area (Å²) in [5.74, 6) is -4.73. The first-order chi connectivity index (χ1) is 32.5. The molecule has 370 valence electrons. The lowest BCUT2D eigenvalue weighted by atomic mass is 9.91. The van der Waals surface area contributed by atoms with Gasteiger partial charge in [0.2, 0.25) is 17.7 Å². The van der Waals surface area contributed by atoms with Gasteiger partial charge >= 0.3 is 0 Å². The van der Waals surface area contributed by atoms with E-state index < -0.39 is 47.2 Å². The first-order valence-electron chi connectivity index (χ1n) is 23.4. The van der Waals surface area contributed by atoms with E-state index in [0.29, 0.717) is 23.1 Å². The molecule has 3 aromatic carbocycles.